The number of nitrogens with zero attached hydrogens (tertiary/aromatic N) is 2. The number of aryl methyl sites for hydroxylation is 1. The first-order valence-corrected chi connectivity index (χ1v) is 13.0. The summed E-state index contributed by atoms with van der Waals surface area (Å²) in [6.07, 6.45) is 1.40. The van der Waals surface area contributed by atoms with E-state index in [-0.39, 0.29) is 16.4 Å². The maximum absolute atomic E-state index is 13.7. The third-order valence-electron chi connectivity index (χ3n) is 6.12. The van der Waals surface area contributed by atoms with Crippen LogP contribution in [0.3, 0.4) is 0 Å². The van der Waals surface area contributed by atoms with Crippen LogP contribution in [0.5, 0.6) is 0 Å². The molecule has 0 spiro atoms. The first-order valence-electron chi connectivity index (χ1n) is 11.5. The second kappa shape index (κ2) is 9.99. The van der Waals surface area contributed by atoms with Gasteiger partial charge in [0.25, 0.3) is 15.9 Å². The highest BCUT2D eigenvalue weighted by atomic mass is 32.2. The van der Waals surface area contributed by atoms with Crippen LogP contribution in [0.15, 0.2) is 83.9 Å². The highest BCUT2D eigenvalue weighted by Crippen LogP contribution is 2.28. The standard InChI is InChI=1S/C28H28N2O5S/c1-19(2)21-11-13-22(14-12-21)30(36(33,34)23-15-9-20(3)10-16-23)18-27(31)29-17-25(28(32)35-4)24-7-5-6-8-26(24)29/h5-17,19H,18H2,1-4H3. The fourth-order valence-electron chi connectivity index (χ4n) is 4.04. The molecule has 0 radical (unpaired) electrons. The van der Waals surface area contributed by atoms with Crippen LogP contribution in [0.2, 0.25) is 0 Å². The number of rotatable bonds is 7. The Bertz CT molecular complexity index is 1520. The molecule has 4 aromatic rings. The molecule has 0 amide bonds. The Balaban J connectivity index is 1.80. The SMILES string of the molecule is COC(=O)c1cn(C(=O)CN(c2ccc(C(C)C)cc2)S(=O)(=O)c2ccc(C)cc2)c2ccccc12. The van der Waals surface area contributed by atoms with Crippen LogP contribution >= 0.6 is 0 Å². The average molecular weight is 505 g/mol. The third kappa shape index (κ3) is 4.77. The number of anilines is 1. The van der Waals surface area contributed by atoms with E-state index in [1.807, 2.05) is 19.1 Å². The molecule has 7 nitrogen and oxygen atoms in total. The van der Waals surface area contributed by atoms with Gasteiger partial charge in [0.15, 0.2) is 0 Å². The molecule has 0 atom stereocenters. The molecule has 0 saturated carbocycles. The van der Waals surface area contributed by atoms with E-state index in [1.54, 1.807) is 48.5 Å². The number of hydrogen-bond acceptors (Lipinski definition) is 5. The normalized spacial score (nSPS) is 11.6. The van der Waals surface area contributed by atoms with Crippen molar-refractivity contribution in [1.82, 2.24) is 4.57 Å². The molecule has 0 aliphatic rings. The van der Waals surface area contributed by atoms with Gasteiger partial charge >= 0.3 is 5.97 Å². The highest BCUT2D eigenvalue weighted by Gasteiger charge is 2.29. The summed E-state index contributed by atoms with van der Waals surface area (Å²) in [5.74, 6) is -0.818. The van der Waals surface area contributed by atoms with Crippen LogP contribution < -0.4 is 4.31 Å². The second-order valence-electron chi connectivity index (χ2n) is 8.89. The molecule has 186 valence electrons. The van der Waals surface area contributed by atoms with Gasteiger partial charge in [0.05, 0.1) is 28.8 Å². The number of hydrogen-bond donors (Lipinski definition) is 0. The fourth-order valence-corrected chi connectivity index (χ4v) is 5.45. The summed E-state index contributed by atoms with van der Waals surface area (Å²) in [5, 5.41) is 0.548. The molecule has 1 heterocycles. The van der Waals surface area contributed by atoms with Crippen molar-refractivity contribution in [3.63, 3.8) is 0 Å². The minimum atomic E-state index is -4.07. The van der Waals surface area contributed by atoms with E-state index < -0.39 is 28.4 Å². The molecule has 0 fully saturated rings. The van der Waals surface area contributed by atoms with Crippen LogP contribution in [0.25, 0.3) is 10.9 Å². The Hall–Kier alpha value is -3.91. The molecule has 0 N–H and O–H groups in total. The number of benzene rings is 3. The van der Waals surface area contributed by atoms with Crippen molar-refractivity contribution in [2.45, 2.75) is 31.6 Å². The number of carbonyl (C=O) groups excluding carboxylic acids is 2. The molecule has 0 saturated heterocycles. The molecular weight excluding hydrogens is 476 g/mol. The van der Waals surface area contributed by atoms with Crippen molar-refractivity contribution < 1.29 is 22.7 Å². The Labute approximate surface area is 211 Å². The van der Waals surface area contributed by atoms with Crippen molar-refractivity contribution >= 4 is 38.5 Å². The van der Waals surface area contributed by atoms with Crippen molar-refractivity contribution in [3.8, 4) is 0 Å². The summed E-state index contributed by atoms with van der Waals surface area (Å²) in [6, 6.07) is 20.6. The largest absolute Gasteiger partial charge is 0.465 e. The van der Waals surface area contributed by atoms with Crippen molar-refractivity contribution in [3.05, 3.63) is 95.7 Å². The molecule has 4 rings (SSSR count). The van der Waals surface area contributed by atoms with Gasteiger partial charge in [-0.3, -0.25) is 13.7 Å². The van der Waals surface area contributed by atoms with Crippen LogP contribution in [0.4, 0.5) is 5.69 Å². The summed E-state index contributed by atoms with van der Waals surface area (Å²) in [4.78, 5) is 26.0. The first-order chi connectivity index (χ1) is 17.1. The number of carbonyl (C=O) groups is 2. The van der Waals surface area contributed by atoms with E-state index in [0.29, 0.717) is 16.6 Å². The Kier molecular flexibility index (Phi) is 6.99. The van der Waals surface area contributed by atoms with E-state index in [4.69, 9.17) is 4.74 Å². The van der Waals surface area contributed by atoms with Gasteiger partial charge in [0, 0.05) is 11.6 Å². The minimum absolute atomic E-state index is 0.0847. The second-order valence-corrected chi connectivity index (χ2v) is 10.7. The lowest BCUT2D eigenvalue weighted by Gasteiger charge is -2.24. The zero-order valence-electron chi connectivity index (χ0n) is 20.6. The number of ether oxygens (including phenoxy) is 1. The molecule has 0 aliphatic heterocycles. The molecule has 0 aliphatic carbocycles. The highest BCUT2D eigenvalue weighted by molar-refractivity contribution is 7.92. The lowest BCUT2D eigenvalue weighted by atomic mass is 10.0. The maximum atomic E-state index is 13.7. The van der Waals surface area contributed by atoms with Gasteiger partial charge < -0.3 is 4.74 Å². The van der Waals surface area contributed by atoms with E-state index in [1.165, 1.54) is 30.0 Å². The minimum Gasteiger partial charge on any atom is -0.465 e. The van der Waals surface area contributed by atoms with Crippen molar-refractivity contribution in [1.29, 1.82) is 0 Å². The van der Waals surface area contributed by atoms with E-state index in [2.05, 4.69) is 13.8 Å². The number of aromatic nitrogens is 1. The van der Waals surface area contributed by atoms with Crippen molar-refractivity contribution in [2.24, 2.45) is 0 Å². The van der Waals surface area contributed by atoms with Gasteiger partial charge in [-0.2, -0.15) is 0 Å². The smallest absolute Gasteiger partial charge is 0.340 e. The van der Waals surface area contributed by atoms with Crippen molar-refractivity contribution in [2.75, 3.05) is 18.0 Å². The Morgan fingerprint density at radius 3 is 2.19 bits per heavy atom. The molecule has 3 aromatic carbocycles. The lowest BCUT2D eigenvalue weighted by molar-refractivity contribution is 0.0603. The number of methoxy groups -OCH3 is 1. The first kappa shape index (κ1) is 25.2. The maximum Gasteiger partial charge on any atom is 0.340 e. The van der Waals surface area contributed by atoms with Gasteiger partial charge in [-0.25, -0.2) is 13.2 Å². The summed E-state index contributed by atoms with van der Waals surface area (Å²) in [7, 11) is -2.80. The van der Waals surface area contributed by atoms with Gasteiger partial charge in [0.2, 0.25) is 0 Å². The molecule has 8 heteroatoms. The summed E-state index contributed by atoms with van der Waals surface area (Å²) in [5.41, 5.74) is 3.07. The predicted molar refractivity (Wildman–Crippen MR) is 140 cm³/mol. The van der Waals surface area contributed by atoms with Gasteiger partial charge in [0.1, 0.15) is 6.54 Å². The van der Waals surface area contributed by atoms with Crippen LogP contribution in [0, 0.1) is 6.92 Å². The summed E-state index contributed by atoms with van der Waals surface area (Å²) >= 11 is 0. The summed E-state index contributed by atoms with van der Waals surface area (Å²) < 4.78 is 34.8. The topological polar surface area (TPSA) is 85.7 Å². The van der Waals surface area contributed by atoms with Gasteiger partial charge in [-0.1, -0.05) is 61.9 Å². The predicted octanol–water partition coefficient (Wildman–Crippen LogP) is 5.40. The van der Waals surface area contributed by atoms with E-state index >= 15 is 0 Å². The van der Waals surface area contributed by atoms with E-state index in [9.17, 15) is 18.0 Å². The molecular formula is C28H28N2O5S. The molecule has 0 bridgehead atoms. The quantitative estimate of drug-likeness (QED) is 0.315. The average Bonchev–Trinajstić information content (AvgIpc) is 3.27. The molecule has 36 heavy (non-hydrogen) atoms. The van der Waals surface area contributed by atoms with E-state index in [0.717, 1.165) is 15.4 Å². The number of para-hydroxylation sites is 1. The fraction of sp³-hybridized carbons (Fsp3) is 0.214. The van der Waals surface area contributed by atoms with Gasteiger partial charge in [-0.15, -0.1) is 0 Å². The lowest BCUT2D eigenvalue weighted by Crippen LogP contribution is -2.37. The zero-order valence-corrected chi connectivity index (χ0v) is 21.5. The van der Waals surface area contributed by atoms with Crippen LogP contribution in [0.1, 0.15) is 46.0 Å². The number of sulfonamides is 1. The monoisotopic (exact) mass is 504 g/mol. The number of esters is 1. The van der Waals surface area contributed by atoms with Gasteiger partial charge in [-0.05, 0) is 48.7 Å². The molecule has 1 aromatic heterocycles. The van der Waals surface area contributed by atoms with Crippen LogP contribution in [-0.2, 0) is 14.8 Å². The Morgan fingerprint density at radius 1 is 0.944 bits per heavy atom. The Morgan fingerprint density at radius 2 is 1.58 bits per heavy atom. The number of fused-ring (bicyclic) bond motifs is 1. The third-order valence-corrected chi connectivity index (χ3v) is 7.91. The zero-order chi connectivity index (χ0) is 26.0. The molecule has 0 unspecified atom stereocenters. The van der Waals surface area contributed by atoms with Crippen LogP contribution in [-0.4, -0.2) is 38.5 Å². The summed E-state index contributed by atoms with van der Waals surface area (Å²) in [6.45, 7) is 5.51.